The number of hydrogen-bond donors (Lipinski definition) is 0. The number of hydrogen-bond acceptors (Lipinski definition) is 3. The van der Waals surface area contributed by atoms with E-state index in [1.165, 1.54) is 11.9 Å². The van der Waals surface area contributed by atoms with Crippen LogP contribution in [0.2, 0.25) is 15.1 Å². The molecule has 0 unspecified atom stereocenters. The van der Waals surface area contributed by atoms with E-state index in [4.69, 9.17) is 39.5 Å². The summed E-state index contributed by atoms with van der Waals surface area (Å²) in [6.07, 6.45) is -0.733. The van der Waals surface area contributed by atoms with Crippen LogP contribution >= 0.6 is 34.8 Å². The van der Waals surface area contributed by atoms with Crippen LogP contribution in [-0.2, 0) is 9.53 Å². The number of halogens is 3. The molecule has 3 rings (SSSR count). The van der Waals surface area contributed by atoms with Crippen molar-refractivity contribution in [2.45, 2.75) is 13.2 Å². The lowest BCUT2D eigenvalue weighted by Gasteiger charge is -2.20. The minimum atomic E-state index is -0.733. The van der Waals surface area contributed by atoms with E-state index in [1.807, 2.05) is 6.07 Å². The molecular formula is C16H11Cl3N2O2. The largest absolute Gasteiger partial charge is 0.446 e. The van der Waals surface area contributed by atoms with E-state index in [9.17, 15) is 4.79 Å². The van der Waals surface area contributed by atoms with Crippen LogP contribution in [0.4, 0.5) is 0 Å². The highest BCUT2D eigenvalue weighted by atomic mass is 35.5. The average Bonchev–Trinajstić information content (AvgIpc) is 2.92. The van der Waals surface area contributed by atoms with Gasteiger partial charge in [0.15, 0.2) is 0 Å². The molecule has 0 saturated carbocycles. The number of rotatable bonds is 2. The van der Waals surface area contributed by atoms with Gasteiger partial charge in [0, 0.05) is 22.5 Å². The lowest BCUT2D eigenvalue weighted by atomic mass is 10.2. The van der Waals surface area contributed by atoms with Gasteiger partial charge in [-0.1, -0.05) is 53.0 Å². The number of carbonyl (C=O) groups excluding carboxylic acids is 1. The van der Waals surface area contributed by atoms with Crippen LogP contribution < -0.4 is 0 Å². The van der Waals surface area contributed by atoms with Crippen LogP contribution in [0, 0.1) is 0 Å². The minimum Gasteiger partial charge on any atom is -0.446 e. The molecule has 0 fully saturated rings. The van der Waals surface area contributed by atoms with E-state index in [0.717, 1.165) is 0 Å². The highest BCUT2D eigenvalue weighted by Crippen LogP contribution is 2.35. The summed E-state index contributed by atoms with van der Waals surface area (Å²) in [6.45, 7) is 1.41. The number of hydrazone groups is 1. The fourth-order valence-electron chi connectivity index (χ4n) is 2.22. The first-order valence-corrected chi connectivity index (χ1v) is 7.85. The maximum Gasteiger partial charge on any atom is 0.243 e. The monoisotopic (exact) mass is 368 g/mol. The quantitative estimate of drug-likeness (QED) is 0.756. The standard InChI is InChI=1S/C16H11Cl3N2O2/c1-9(22)21-16(12-4-2-3-5-13(12)18)23-15(20-21)11-7-6-10(17)8-14(11)19/h2-8,16H,1H3/t16-/m1/s1. The lowest BCUT2D eigenvalue weighted by Crippen LogP contribution is -2.25. The molecule has 1 aliphatic rings. The predicted octanol–water partition coefficient (Wildman–Crippen LogP) is 4.89. The van der Waals surface area contributed by atoms with Gasteiger partial charge in [0.25, 0.3) is 0 Å². The van der Waals surface area contributed by atoms with Crippen molar-refractivity contribution in [3.8, 4) is 0 Å². The lowest BCUT2D eigenvalue weighted by molar-refractivity contribution is -0.135. The highest BCUT2D eigenvalue weighted by Gasteiger charge is 2.34. The van der Waals surface area contributed by atoms with Gasteiger partial charge in [-0.3, -0.25) is 4.79 Å². The third-order valence-corrected chi connectivity index (χ3v) is 4.19. The van der Waals surface area contributed by atoms with Crippen molar-refractivity contribution in [1.82, 2.24) is 5.01 Å². The zero-order chi connectivity index (χ0) is 16.6. The molecule has 1 amide bonds. The number of nitrogens with zero attached hydrogens (tertiary/aromatic N) is 2. The average molecular weight is 370 g/mol. The van der Waals surface area contributed by atoms with Gasteiger partial charge in [-0.2, -0.15) is 5.01 Å². The first kappa shape index (κ1) is 16.1. The molecule has 2 aromatic rings. The Kier molecular flexibility index (Phi) is 4.48. The van der Waals surface area contributed by atoms with Crippen molar-refractivity contribution >= 4 is 46.6 Å². The summed E-state index contributed by atoms with van der Waals surface area (Å²) < 4.78 is 5.85. The smallest absolute Gasteiger partial charge is 0.243 e. The molecule has 23 heavy (non-hydrogen) atoms. The summed E-state index contributed by atoms with van der Waals surface area (Å²) in [5.74, 6) is -0.0261. The molecule has 0 radical (unpaired) electrons. The molecular weight excluding hydrogens is 359 g/mol. The van der Waals surface area contributed by atoms with E-state index in [1.54, 1.807) is 36.4 Å². The van der Waals surface area contributed by atoms with Gasteiger partial charge in [-0.05, 0) is 24.3 Å². The van der Waals surface area contributed by atoms with E-state index < -0.39 is 6.23 Å². The maximum absolute atomic E-state index is 11.9. The van der Waals surface area contributed by atoms with Crippen LogP contribution in [0.1, 0.15) is 24.3 Å². The zero-order valence-electron chi connectivity index (χ0n) is 12.0. The Morgan fingerprint density at radius 1 is 1.13 bits per heavy atom. The second-order valence-electron chi connectivity index (χ2n) is 4.88. The molecule has 2 aromatic carbocycles. The fraction of sp³-hybridized carbons (Fsp3) is 0.125. The molecule has 1 heterocycles. The van der Waals surface area contributed by atoms with Crippen LogP contribution in [0.25, 0.3) is 0 Å². The minimum absolute atomic E-state index is 0.242. The van der Waals surface area contributed by atoms with Crippen LogP contribution in [-0.4, -0.2) is 16.8 Å². The normalized spacial score (nSPS) is 17.0. The van der Waals surface area contributed by atoms with Crippen LogP contribution in [0.5, 0.6) is 0 Å². The summed E-state index contributed by atoms with van der Waals surface area (Å²) in [5.41, 5.74) is 1.20. The molecule has 0 N–H and O–H groups in total. The summed E-state index contributed by atoms with van der Waals surface area (Å²) >= 11 is 18.3. The molecule has 7 heteroatoms. The first-order valence-electron chi connectivity index (χ1n) is 6.72. The summed E-state index contributed by atoms with van der Waals surface area (Å²) in [4.78, 5) is 11.9. The van der Waals surface area contributed by atoms with Gasteiger partial charge >= 0.3 is 0 Å². The molecule has 0 spiro atoms. The Balaban J connectivity index is 2.01. The van der Waals surface area contributed by atoms with Gasteiger partial charge in [0.1, 0.15) is 0 Å². The highest BCUT2D eigenvalue weighted by molar-refractivity contribution is 6.36. The summed E-state index contributed by atoms with van der Waals surface area (Å²) in [5, 5.41) is 6.86. The van der Waals surface area contributed by atoms with E-state index in [0.29, 0.717) is 26.2 Å². The first-order chi connectivity index (χ1) is 11.0. The van der Waals surface area contributed by atoms with Gasteiger partial charge in [0.2, 0.25) is 18.0 Å². The Hall–Kier alpha value is -1.75. The Morgan fingerprint density at radius 3 is 2.52 bits per heavy atom. The molecule has 0 aromatic heterocycles. The Bertz CT molecular complexity index is 808. The summed E-state index contributed by atoms with van der Waals surface area (Å²) in [6, 6.07) is 12.1. The van der Waals surface area contributed by atoms with Gasteiger partial charge < -0.3 is 4.74 Å². The third-order valence-electron chi connectivity index (χ3n) is 3.30. The fourth-order valence-corrected chi connectivity index (χ4v) is 2.93. The van der Waals surface area contributed by atoms with Gasteiger partial charge in [0.05, 0.1) is 10.6 Å². The zero-order valence-corrected chi connectivity index (χ0v) is 14.2. The van der Waals surface area contributed by atoms with Crippen molar-refractivity contribution < 1.29 is 9.53 Å². The number of amides is 1. The van der Waals surface area contributed by atoms with Crippen LogP contribution in [0.15, 0.2) is 47.6 Å². The molecule has 0 aliphatic carbocycles. The van der Waals surface area contributed by atoms with E-state index >= 15 is 0 Å². The number of benzene rings is 2. The van der Waals surface area contributed by atoms with Crippen molar-refractivity contribution in [2.75, 3.05) is 0 Å². The van der Waals surface area contributed by atoms with E-state index in [-0.39, 0.29) is 11.8 Å². The molecule has 0 saturated heterocycles. The Labute approximate surface area is 148 Å². The van der Waals surface area contributed by atoms with Gasteiger partial charge in [-0.25, -0.2) is 0 Å². The molecule has 1 atom stereocenters. The van der Waals surface area contributed by atoms with E-state index in [2.05, 4.69) is 5.10 Å². The van der Waals surface area contributed by atoms with Crippen molar-refractivity contribution in [3.05, 3.63) is 68.7 Å². The van der Waals surface area contributed by atoms with Gasteiger partial charge in [-0.15, -0.1) is 5.10 Å². The second-order valence-corrected chi connectivity index (χ2v) is 6.14. The molecule has 1 aliphatic heterocycles. The maximum atomic E-state index is 11.9. The third kappa shape index (κ3) is 3.15. The topological polar surface area (TPSA) is 41.9 Å². The summed E-state index contributed by atoms with van der Waals surface area (Å²) in [7, 11) is 0. The molecule has 4 nitrogen and oxygen atoms in total. The SMILES string of the molecule is CC(=O)N1N=C(c2ccc(Cl)cc2Cl)O[C@@H]1c1ccccc1Cl. The predicted molar refractivity (Wildman–Crippen MR) is 90.8 cm³/mol. The number of carbonyl (C=O) groups is 1. The van der Waals surface area contributed by atoms with Crippen LogP contribution in [0.3, 0.4) is 0 Å². The van der Waals surface area contributed by atoms with Crippen molar-refractivity contribution in [3.63, 3.8) is 0 Å². The molecule has 118 valence electrons. The Morgan fingerprint density at radius 2 is 1.87 bits per heavy atom. The molecule has 0 bridgehead atoms. The second kappa shape index (κ2) is 6.40. The van der Waals surface area contributed by atoms with Crippen molar-refractivity contribution in [2.24, 2.45) is 5.10 Å². The van der Waals surface area contributed by atoms with Crippen molar-refractivity contribution in [1.29, 1.82) is 0 Å². The number of ether oxygens (including phenoxy) is 1.